The molecule has 2 atom stereocenters. The highest BCUT2D eigenvalue weighted by molar-refractivity contribution is 5.85. The first kappa shape index (κ1) is 22.0. The highest BCUT2D eigenvalue weighted by Gasteiger charge is 2.30. The van der Waals surface area contributed by atoms with Gasteiger partial charge in [0.1, 0.15) is 5.65 Å². The van der Waals surface area contributed by atoms with Crippen LogP contribution >= 0.6 is 0 Å². The van der Waals surface area contributed by atoms with Crippen molar-refractivity contribution in [2.75, 3.05) is 13.1 Å². The predicted molar refractivity (Wildman–Crippen MR) is 137 cm³/mol. The Morgan fingerprint density at radius 1 is 1.17 bits per heavy atom. The van der Waals surface area contributed by atoms with Gasteiger partial charge in [-0.15, -0.1) is 0 Å². The molecule has 2 aliphatic rings. The number of aliphatic hydroxyl groups is 1. The van der Waals surface area contributed by atoms with E-state index in [2.05, 4.69) is 40.4 Å². The van der Waals surface area contributed by atoms with Crippen molar-refractivity contribution in [3.63, 3.8) is 0 Å². The molecule has 1 fully saturated rings. The summed E-state index contributed by atoms with van der Waals surface area (Å²) < 4.78 is 0. The third kappa shape index (κ3) is 4.03. The van der Waals surface area contributed by atoms with Crippen molar-refractivity contribution in [3.05, 3.63) is 88.7 Å². The summed E-state index contributed by atoms with van der Waals surface area (Å²) in [6, 6.07) is 16.3. The molecule has 1 amide bonds. The number of carbonyl (C=O) groups is 1. The number of aromatic amines is 1. The Balaban J connectivity index is 1.36. The van der Waals surface area contributed by atoms with E-state index < -0.39 is 6.10 Å². The Hall–Kier alpha value is -3.48. The van der Waals surface area contributed by atoms with Crippen molar-refractivity contribution in [1.82, 2.24) is 20.2 Å². The molecule has 35 heavy (non-hydrogen) atoms. The quantitative estimate of drug-likeness (QED) is 0.411. The smallest absolute Gasteiger partial charge is 0.256 e. The maximum Gasteiger partial charge on any atom is 0.256 e. The van der Waals surface area contributed by atoms with Crippen LogP contribution in [0.25, 0.3) is 22.2 Å². The first-order chi connectivity index (χ1) is 17.1. The van der Waals surface area contributed by atoms with Crippen LogP contribution in [0, 0.1) is 6.92 Å². The number of H-pyrrole nitrogens is 1. The molecule has 4 aromatic rings. The van der Waals surface area contributed by atoms with E-state index in [0.717, 1.165) is 42.4 Å². The second kappa shape index (κ2) is 8.95. The van der Waals surface area contributed by atoms with E-state index in [1.807, 2.05) is 35.5 Å². The molecule has 0 unspecified atom stereocenters. The molecule has 1 saturated heterocycles. The molecule has 6 nitrogen and oxygen atoms in total. The maximum absolute atomic E-state index is 13.2. The third-order valence-corrected chi connectivity index (χ3v) is 7.54. The van der Waals surface area contributed by atoms with Crippen molar-refractivity contribution in [3.8, 4) is 11.1 Å². The summed E-state index contributed by atoms with van der Waals surface area (Å²) in [6.07, 6.45) is 5.82. The van der Waals surface area contributed by atoms with E-state index in [4.69, 9.17) is 0 Å². The minimum absolute atomic E-state index is 0.228. The normalized spacial score (nSPS) is 18.6. The zero-order chi connectivity index (χ0) is 23.9. The molecule has 2 aliphatic heterocycles. The molecule has 0 radical (unpaired) electrons. The van der Waals surface area contributed by atoms with Crippen molar-refractivity contribution in [2.24, 2.45) is 0 Å². The topological polar surface area (TPSA) is 81.2 Å². The van der Waals surface area contributed by atoms with Gasteiger partial charge in [-0.2, -0.15) is 0 Å². The summed E-state index contributed by atoms with van der Waals surface area (Å²) in [4.78, 5) is 22.9. The van der Waals surface area contributed by atoms with Crippen LogP contribution in [0.3, 0.4) is 0 Å². The standard InChI is InChI=1S/C29H30N4O2/c1-18-15-31-28-23(18)14-22(16-32-28)21-12-20-9-11-33(29(35)27(34)19-6-3-2-4-7-19)17-25(20)24(13-21)26-8-5-10-30-26/h2-4,6-7,12-16,26-27,30,34H,5,8-11,17H2,1H3,(H,31,32)/t26-,27-/m0/s1. The van der Waals surface area contributed by atoms with Crippen LogP contribution in [0.15, 0.2) is 60.9 Å². The molecule has 2 aromatic carbocycles. The molecular weight excluding hydrogens is 436 g/mol. The molecule has 6 heteroatoms. The molecule has 0 spiro atoms. The van der Waals surface area contributed by atoms with E-state index in [1.54, 1.807) is 12.1 Å². The van der Waals surface area contributed by atoms with Crippen LogP contribution in [-0.2, 0) is 17.8 Å². The molecule has 178 valence electrons. The molecule has 0 aliphatic carbocycles. The summed E-state index contributed by atoms with van der Waals surface area (Å²) >= 11 is 0. The first-order valence-corrected chi connectivity index (χ1v) is 12.4. The number of hydrogen-bond acceptors (Lipinski definition) is 4. The van der Waals surface area contributed by atoms with Gasteiger partial charge in [0.15, 0.2) is 6.10 Å². The van der Waals surface area contributed by atoms with Gasteiger partial charge in [0, 0.05) is 42.5 Å². The van der Waals surface area contributed by atoms with Gasteiger partial charge in [-0.3, -0.25) is 4.79 Å². The largest absolute Gasteiger partial charge is 0.378 e. The first-order valence-electron chi connectivity index (χ1n) is 12.4. The van der Waals surface area contributed by atoms with Crippen molar-refractivity contribution in [1.29, 1.82) is 0 Å². The van der Waals surface area contributed by atoms with Gasteiger partial charge in [-0.25, -0.2) is 4.98 Å². The zero-order valence-electron chi connectivity index (χ0n) is 19.9. The summed E-state index contributed by atoms with van der Waals surface area (Å²) in [6.45, 7) is 4.24. The van der Waals surface area contributed by atoms with Crippen LogP contribution in [0.2, 0.25) is 0 Å². The van der Waals surface area contributed by atoms with Gasteiger partial charge in [0.05, 0.1) is 0 Å². The highest BCUT2D eigenvalue weighted by atomic mass is 16.3. The number of aliphatic hydroxyl groups excluding tert-OH is 1. The number of carbonyl (C=O) groups excluding carboxylic acids is 1. The zero-order valence-corrected chi connectivity index (χ0v) is 19.9. The lowest BCUT2D eigenvalue weighted by Gasteiger charge is -2.33. The van der Waals surface area contributed by atoms with Crippen LogP contribution in [0.5, 0.6) is 0 Å². The van der Waals surface area contributed by atoms with Gasteiger partial charge < -0.3 is 20.3 Å². The van der Waals surface area contributed by atoms with Crippen LogP contribution in [0.1, 0.15) is 52.8 Å². The van der Waals surface area contributed by atoms with Gasteiger partial charge in [0.2, 0.25) is 0 Å². The summed E-state index contributed by atoms with van der Waals surface area (Å²) in [5.74, 6) is -0.228. The Morgan fingerprint density at radius 2 is 2.03 bits per heavy atom. The number of aryl methyl sites for hydroxylation is 1. The number of benzene rings is 2. The second-order valence-electron chi connectivity index (χ2n) is 9.77. The number of nitrogens with zero attached hydrogens (tertiary/aromatic N) is 2. The van der Waals surface area contributed by atoms with E-state index in [1.165, 1.54) is 27.8 Å². The molecule has 2 aromatic heterocycles. The fourth-order valence-electron chi connectivity index (χ4n) is 5.56. The molecule has 0 saturated carbocycles. The number of amides is 1. The molecule has 4 heterocycles. The van der Waals surface area contributed by atoms with Crippen LogP contribution in [0.4, 0.5) is 0 Å². The van der Waals surface area contributed by atoms with Gasteiger partial charge >= 0.3 is 0 Å². The van der Waals surface area contributed by atoms with Gasteiger partial charge in [-0.05, 0) is 78.2 Å². The minimum atomic E-state index is -1.13. The summed E-state index contributed by atoms with van der Waals surface area (Å²) in [5, 5.41) is 15.5. The fourth-order valence-corrected chi connectivity index (χ4v) is 5.56. The van der Waals surface area contributed by atoms with Gasteiger partial charge in [0.25, 0.3) is 5.91 Å². The number of rotatable bonds is 4. The Bertz CT molecular complexity index is 1390. The Kier molecular flexibility index (Phi) is 5.63. The number of hydrogen-bond donors (Lipinski definition) is 3. The predicted octanol–water partition coefficient (Wildman–Crippen LogP) is 4.58. The lowest BCUT2D eigenvalue weighted by molar-refractivity contribution is -0.141. The van der Waals surface area contributed by atoms with Crippen molar-refractivity contribution in [2.45, 2.75) is 44.9 Å². The monoisotopic (exact) mass is 466 g/mol. The second-order valence-corrected chi connectivity index (χ2v) is 9.77. The summed E-state index contributed by atoms with van der Waals surface area (Å²) in [5.41, 5.74) is 8.80. The van der Waals surface area contributed by atoms with E-state index >= 15 is 0 Å². The fraction of sp³-hybridized carbons (Fsp3) is 0.310. The Morgan fingerprint density at radius 3 is 2.83 bits per heavy atom. The third-order valence-electron chi connectivity index (χ3n) is 7.54. The molecule has 6 rings (SSSR count). The Labute approximate surface area is 205 Å². The molecular formula is C29H30N4O2. The lowest BCUT2D eigenvalue weighted by atomic mass is 9.87. The highest BCUT2D eigenvalue weighted by Crippen LogP contribution is 2.36. The van der Waals surface area contributed by atoms with E-state index in [9.17, 15) is 9.90 Å². The molecule has 0 bridgehead atoms. The summed E-state index contributed by atoms with van der Waals surface area (Å²) in [7, 11) is 0. The van der Waals surface area contributed by atoms with Crippen LogP contribution in [-0.4, -0.2) is 39.0 Å². The lowest BCUT2D eigenvalue weighted by Crippen LogP contribution is -2.39. The van der Waals surface area contributed by atoms with Gasteiger partial charge in [-0.1, -0.05) is 36.4 Å². The van der Waals surface area contributed by atoms with E-state index in [0.29, 0.717) is 18.7 Å². The molecule has 3 N–H and O–H groups in total. The SMILES string of the molecule is Cc1c[nH]c2ncc(-c3cc4c(c([C@@H]5CCCN5)c3)CN(C(=O)[C@@H](O)c3ccccc3)CC4)cc12. The number of nitrogens with one attached hydrogen (secondary N) is 2. The van der Waals surface area contributed by atoms with Crippen molar-refractivity contribution < 1.29 is 9.90 Å². The number of fused-ring (bicyclic) bond motifs is 2. The average Bonchev–Trinajstić information content (AvgIpc) is 3.57. The van der Waals surface area contributed by atoms with Crippen molar-refractivity contribution >= 4 is 16.9 Å². The van der Waals surface area contributed by atoms with Crippen LogP contribution < -0.4 is 5.32 Å². The minimum Gasteiger partial charge on any atom is -0.378 e. The number of aromatic nitrogens is 2. The average molecular weight is 467 g/mol. The van der Waals surface area contributed by atoms with E-state index in [-0.39, 0.29) is 11.9 Å². The maximum atomic E-state index is 13.2. The number of pyridine rings is 1.